The fourth-order valence-electron chi connectivity index (χ4n) is 3.75. The van der Waals surface area contributed by atoms with Gasteiger partial charge in [-0.15, -0.1) is 16.4 Å². The van der Waals surface area contributed by atoms with Gasteiger partial charge in [0.25, 0.3) is 0 Å². The fraction of sp³-hybridized carbons (Fsp3) is 0.182. The molecule has 0 aliphatic carbocycles. The maximum absolute atomic E-state index is 6.39. The van der Waals surface area contributed by atoms with E-state index in [9.17, 15) is 0 Å². The molecule has 4 rings (SSSR count). The van der Waals surface area contributed by atoms with Crippen molar-refractivity contribution in [3.63, 3.8) is 0 Å². The van der Waals surface area contributed by atoms with Gasteiger partial charge in [-0.25, -0.2) is 0 Å². The van der Waals surface area contributed by atoms with Gasteiger partial charge < -0.3 is 4.42 Å². The fourth-order valence-corrected chi connectivity index (χ4v) is 3.75. The summed E-state index contributed by atoms with van der Waals surface area (Å²) in [6.07, 6.45) is 0. The largest absolute Gasteiger partial charge is 0.455 e. The molecule has 0 N–H and O–H groups in total. The molecular weight excluding hydrogens is 334 g/mol. The average molecular weight is 349 g/mol. The number of hydrogen-bond donors (Lipinski definition) is 0. The lowest BCUT2D eigenvalue weighted by Gasteiger charge is -2.21. The van der Waals surface area contributed by atoms with Gasteiger partial charge in [0.05, 0.1) is 0 Å². The Morgan fingerprint density at radius 3 is 1.71 bits per heavy atom. The lowest BCUT2D eigenvalue weighted by molar-refractivity contribution is 0.573. The van der Waals surface area contributed by atoms with Gasteiger partial charge in [0.1, 0.15) is 50.4 Å². The number of fused-ring (bicyclic) bond motifs is 3. The maximum atomic E-state index is 6.39. The van der Waals surface area contributed by atoms with Crippen LogP contribution in [0.2, 0.25) is 0 Å². The van der Waals surface area contributed by atoms with E-state index in [0.717, 1.165) is 27.5 Å². The molecule has 1 nitrogen and oxygen atoms in total. The Kier molecular flexibility index (Phi) is 4.37. The maximum Gasteiger partial charge on any atom is 0.143 e. The molecule has 4 aromatic rings. The second kappa shape index (κ2) is 6.41. The molecule has 0 fully saturated rings. The Bertz CT molecular complexity index is 1220. The van der Waals surface area contributed by atoms with Gasteiger partial charge in [0, 0.05) is 21.9 Å². The first-order valence-electron chi connectivity index (χ1n) is 9.09. The molecule has 6 heteroatoms. The van der Waals surface area contributed by atoms with Crippen LogP contribution in [0.25, 0.3) is 33.1 Å². The lowest BCUT2D eigenvalue weighted by atomic mass is 9.59. The third-order valence-electron chi connectivity index (χ3n) is 5.30. The molecule has 0 aliphatic rings. The van der Waals surface area contributed by atoms with Crippen molar-refractivity contribution < 1.29 is 4.42 Å². The van der Waals surface area contributed by atoms with Crippen molar-refractivity contribution in [2.75, 3.05) is 0 Å². The van der Waals surface area contributed by atoms with Crippen LogP contribution in [0.3, 0.4) is 0 Å². The summed E-state index contributed by atoms with van der Waals surface area (Å²) in [4.78, 5) is 0. The molecule has 0 amide bonds. The zero-order valence-corrected chi connectivity index (χ0v) is 16.3. The Labute approximate surface area is 172 Å². The smallest absolute Gasteiger partial charge is 0.143 e. The van der Waals surface area contributed by atoms with Gasteiger partial charge >= 0.3 is 0 Å². The second-order valence-electron chi connectivity index (χ2n) is 8.16. The van der Waals surface area contributed by atoms with Crippen LogP contribution in [0, 0.1) is 0 Å². The lowest BCUT2D eigenvalue weighted by Crippen LogP contribution is -2.55. The highest BCUT2D eigenvalue weighted by Crippen LogP contribution is 2.39. The minimum atomic E-state index is -0.0678. The zero-order valence-electron chi connectivity index (χ0n) is 16.3. The van der Waals surface area contributed by atoms with E-state index in [4.69, 9.17) is 43.6 Å². The molecule has 28 heavy (non-hydrogen) atoms. The van der Waals surface area contributed by atoms with E-state index < -0.39 is 0 Å². The van der Waals surface area contributed by atoms with Crippen LogP contribution < -0.4 is 27.3 Å². The minimum Gasteiger partial charge on any atom is -0.455 e. The van der Waals surface area contributed by atoms with E-state index >= 15 is 0 Å². The SMILES string of the molecule is [B]c1c([B])c([B])c(-c2cccc3c2oc2c(C(C)(C)C)cccc23)c([B])c1[B]. The first kappa shape index (κ1) is 19.1. The number of para-hydroxylation sites is 2. The van der Waals surface area contributed by atoms with Crippen LogP contribution in [-0.4, -0.2) is 39.2 Å². The number of rotatable bonds is 1. The van der Waals surface area contributed by atoms with E-state index in [0.29, 0.717) is 22.1 Å². The van der Waals surface area contributed by atoms with E-state index in [1.807, 2.05) is 24.3 Å². The van der Waals surface area contributed by atoms with Gasteiger partial charge in [0.2, 0.25) is 0 Å². The van der Waals surface area contributed by atoms with Crippen LogP contribution >= 0.6 is 0 Å². The normalized spacial score (nSPS) is 12.1. The molecule has 0 atom stereocenters. The molecule has 1 aromatic heterocycles. The van der Waals surface area contributed by atoms with Gasteiger partial charge in [-0.2, -0.15) is 0 Å². The molecular formula is C22H15B5O. The first-order chi connectivity index (χ1) is 13.1. The summed E-state index contributed by atoms with van der Waals surface area (Å²) in [5.74, 6) is 0. The summed E-state index contributed by atoms with van der Waals surface area (Å²) in [7, 11) is 30.7. The monoisotopic (exact) mass is 350 g/mol. The Morgan fingerprint density at radius 2 is 1.14 bits per heavy atom. The molecule has 0 saturated heterocycles. The van der Waals surface area contributed by atoms with E-state index in [2.05, 4.69) is 32.9 Å². The summed E-state index contributed by atoms with van der Waals surface area (Å²) in [6, 6.07) is 12.1. The highest BCUT2D eigenvalue weighted by molar-refractivity contribution is 6.68. The van der Waals surface area contributed by atoms with Gasteiger partial charge in [0.15, 0.2) is 0 Å². The van der Waals surface area contributed by atoms with Crippen LogP contribution in [0.4, 0.5) is 0 Å². The Balaban J connectivity index is 2.15. The summed E-state index contributed by atoms with van der Waals surface area (Å²) >= 11 is 0. The zero-order chi connectivity index (χ0) is 20.4. The van der Waals surface area contributed by atoms with Crippen LogP contribution in [0.15, 0.2) is 40.8 Å². The number of benzene rings is 3. The molecule has 0 bridgehead atoms. The Hall–Kier alpha value is -2.22. The third kappa shape index (κ3) is 2.69. The Morgan fingerprint density at radius 1 is 0.643 bits per heavy atom. The minimum absolute atomic E-state index is 0.0678. The molecule has 0 saturated carbocycles. The molecule has 0 aliphatic heterocycles. The van der Waals surface area contributed by atoms with Crippen LogP contribution in [0.1, 0.15) is 26.3 Å². The molecule has 10 radical (unpaired) electrons. The quantitative estimate of drug-likeness (QED) is 0.457. The molecule has 3 aromatic carbocycles. The second-order valence-corrected chi connectivity index (χ2v) is 8.16. The van der Waals surface area contributed by atoms with Gasteiger partial charge in [-0.3, -0.25) is 0 Å². The summed E-state index contributed by atoms with van der Waals surface area (Å²) in [6.45, 7) is 6.48. The van der Waals surface area contributed by atoms with E-state index in [-0.39, 0.29) is 21.8 Å². The van der Waals surface area contributed by atoms with Crippen molar-refractivity contribution in [3.8, 4) is 11.1 Å². The standard InChI is InChI=1S/C22H15B5O/c1-22(2,3)13-9-5-7-11-10-6-4-8-12(20(10)28-21(11)13)14-15(23)17(25)19(27)18(26)16(14)24/h4-9H,1-3H3. The highest BCUT2D eigenvalue weighted by atomic mass is 16.3. The van der Waals surface area contributed by atoms with Crippen molar-refractivity contribution in [3.05, 3.63) is 42.0 Å². The highest BCUT2D eigenvalue weighted by Gasteiger charge is 2.22. The molecule has 0 spiro atoms. The van der Waals surface area contributed by atoms with E-state index in [1.54, 1.807) is 0 Å². The van der Waals surface area contributed by atoms with Gasteiger partial charge in [-0.1, -0.05) is 68.1 Å². The topological polar surface area (TPSA) is 13.1 Å². The van der Waals surface area contributed by atoms with Crippen LogP contribution in [-0.2, 0) is 5.41 Å². The average Bonchev–Trinajstić information content (AvgIpc) is 3.03. The van der Waals surface area contributed by atoms with Crippen LogP contribution in [0.5, 0.6) is 0 Å². The number of hydrogen-bond acceptors (Lipinski definition) is 1. The van der Waals surface area contributed by atoms with Crippen molar-refractivity contribution in [1.29, 1.82) is 0 Å². The first-order valence-corrected chi connectivity index (χ1v) is 9.09. The third-order valence-corrected chi connectivity index (χ3v) is 5.30. The summed E-state index contributed by atoms with van der Waals surface area (Å²) in [5.41, 5.74) is 5.14. The van der Waals surface area contributed by atoms with Crippen molar-refractivity contribution in [1.82, 2.24) is 0 Å². The van der Waals surface area contributed by atoms with Crippen molar-refractivity contribution in [2.45, 2.75) is 26.2 Å². The number of furan rings is 1. The molecule has 124 valence electrons. The van der Waals surface area contributed by atoms with Gasteiger partial charge in [-0.05, 0) is 11.0 Å². The predicted molar refractivity (Wildman–Crippen MR) is 125 cm³/mol. The molecule has 0 unspecified atom stereocenters. The van der Waals surface area contributed by atoms with Crippen molar-refractivity contribution in [2.24, 2.45) is 0 Å². The summed E-state index contributed by atoms with van der Waals surface area (Å²) < 4.78 is 6.39. The predicted octanol–water partition coefficient (Wildman–Crippen LogP) is 0.520. The molecule has 1 heterocycles. The van der Waals surface area contributed by atoms with E-state index in [1.165, 1.54) is 0 Å². The van der Waals surface area contributed by atoms with Crippen molar-refractivity contribution >= 4 is 88.5 Å². The summed E-state index contributed by atoms with van der Waals surface area (Å²) in [5, 5.41) is 2.02.